The predicted octanol–water partition coefficient (Wildman–Crippen LogP) is 5.40. The number of aliphatic imine (C=N–C) groups is 1. The van der Waals surface area contributed by atoms with Crippen molar-refractivity contribution in [3.63, 3.8) is 0 Å². The van der Waals surface area contributed by atoms with E-state index in [9.17, 15) is 9.59 Å². The molecule has 154 valence electrons. The maximum atomic E-state index is 13.7. The highest BCUT2D eigenvalue weighted by Gasteiger charge is 2.68. The number of hydrogen-bond donors (Lipinski definition) is 0. The van der Waals surface area contributed by atoms with Crippen LogP contribution in [0.15, 0.2) is 41.4 Å². The molecule has 2 aromatic carbocycles. The van der Waals surface area contributed by atoms with Crippen LogP contribution in [0.4, 0.5) is 10.5 Å². The number of imide groups is 1. The molecule has 1 aliphatic carbocycles. The van der Waals surface area contributed by atoms with Crippen molar-refractivity contribution in [2.24, 2.45) is 4.99 Å². The fourth-order valence-corrected chi connectivity index (χ4v) is 5.41. The topological polar surface area (TPSA) is 59.0 Å². The van der Waals surface area contributed by atoms with Crippen LogP contribution < -0.4 is 4.90 Å². The molecule has 2 heterocycles. The van der Waals surface area contributed by atoms with Gasteiger partial charge in [0.25, 0.3) is 0 Å². The van der Waals surface area contributed by atoms with E-state index < -0.39 is 17.1 Å². The number of benzene rings is 2. The molecular weight excluding hydrogens is 491 g/mol. The highest BCUT2D eigenvalue weighted by atomic mass is 127. The first-order chi connectivity index (χ1) is 14.1. The second-order valence-corrected chi connectivity index (χ2v) is 10.4. The van der Waals surface area contributed by atoms with E-state index in [-0.39, 0.29) is 11.8 Å². The van der Waals surface area contributed by atoms with Crippen LogP contribution in [0.5, 0.6) is 0 Å². The number of halogens is 1. The standard InChI is InChI=1S/C24H23IN2O3/c1-13-5-8-19-17(9-13)24(21(28)27(19)22(29)30-23(2,3)4)11-18(24)14-6-7-16-15(10-14)12-26-20(16)25/h5-10,18H,11-12H2,1-4H3/t18-,24-/m0/s1. The maximum absolute atomic E-state index is 13.7. The number of anilines is 1. The van der Waals surface area contributed by atoms with Crippen LogP contribution >= 0.6 is 22.6 Å². The summed E-state index contributed by atoms with van der Waals surface area (Å²) in [5.41, 5.74) is 4.85. The predicted molar refractivity (Wildman–Crippen MR) is 125 cm³/mol. The summed E-state index contributed by atoms with van der Waals surface area (Å²) in [5, 5.41) is 0. The van der Waals surface area contributed by atoms with Gasteiger partial charge in [-0.1, -0.05) is 35.9 Å². The minimum absolute atomic E-state index is 0.0570. The SMILES string of the molecule is Cc1ccc2c(c1)[C@]1(C[C@H]1c1ccc3c(c1)CN=C3I)C(=O)N2C(=O)OC(C)(C)C. The fraction of sp³-hybridized carbons (Fsp3) is 0.375. The number of hydrogen-bond acceptors (Lipinski definition) is 4. The van der Waals surface area contributed by atoms with Gasteiger partial charge in [-0.3, -0.25) is 9.79 Å². The van der Waals surface area contributed by atoms with Crippen molar-refractivity contribution in [1.29, 1.82) is 0 Å². The van der Waals surface area contributed by atoms with Crippen LogP contribution in [0, 0.1) is 6.92 Å². The normalized spacial score (nSPS) is 24.0. The van der Waals surface area contributed by atoms with Crippen LogP contribution in [-0.4, -0.2) is 21.3 Å². The first-order valence-corrected chi connectivity index (χ1v) is 11.2. The van der Waals surface area contributed by atoms with Gasteiger partial charge in [0.15, 0.2) is 0 Å². The first-order valence-electron chi connectivity index (χ1n) is 10.1. The molecule has 0 N–H and O–H groups in total. The Morgan fingerprint density at radius 1 is 1.23 bits per heavy atom. The van der Waals surface area contributed by atoms with Gasteiger partial charge in [0, 0.05) is 11.5 Å². The zero-order chi connectivity index (χ0) is 21.4. The number of ether oxygens (including phenoxy) is 1. The Morgan fingerprint density at radius 2 is 2.00 bits per heavy atom. The maximum Gasteiger partial charge on any atom is 0.421 e. The molecule has 0 saturated heterocycles. The van der Waals surface area contributed by atoms with Crippen LogP contribution in [-0.2, 0) is 21.5 Å². The molecular formula is C24H23IN2O3. The minimum atomic E-state index is -0.681. The minimum Gasteiger partial charge on any atom is -0.443 e. The third-order valence-electron chi connectivity index (χ3n) is 6.14. The van der Waals surface area contributed by atoms with Crippen molar-refractivity contribution in [1.82, 2.24) is 0 Å². The fourth-order valence-electron chi connectivity index (χ4n) is 4.72. The molecule has 0 bridgehead atoms. The Morgan fingerprint density at radius 3 is 2.73 bits per heavy atom. The largest absolute Gasteiger partial charge is 0.443 e. The van der Waals surface area contributed by atoms with Crippen LogP contribution in [0.1, 0.15) is 60.9 Å². The summed E-state index contributed by atoms with van der Waals surface area (Å²) in [7, 11) is 0. The van der Waals surface area contributed by atoms with Gasteiger partial charge < -0.3 is 4.74 Å². The van der Waals surface area contributed by atoms with E-state index in [1.165, 1.54) is 16.0 Å². The number of aryl methyl sites for hydroxylation is 1. The van der Waals surface area contributed by atoms with Crippen molar-refractivity contribution in [2.45, 2.75) is 57.6 Å². The molecule has 0 unspecified atom stereocenters. The Kier molecular flexibility index (Phi) is 4.20. The zero-order valence-corrected chi connectivity index (χ0v) is 19.6. The Labute approximate surface area is 189 Å². The Bertz CT molecular complexity index is 1150. The van der Waals surface area contributed by atoms with Crippen molar-refractivity contribution in [3.05, 3.63) is 64.2 Å². The van der Waals surface area contributed by atoms with Gasteiger partial charge in [-0.15, -0.1) is 0 Å². The van der Waals surface area contributed by atoms with Gasteiger partial charge in [0.2, 0.25) is 5.91 Å². The summed E-state index contributed by atoms with van der Waals surface area (Å²) in [5.74, 6) is -0.116. The van der Waals surface area contributed by atoms with Gasteiger partial charge in [-0.05, 0) is 79.5 Å². The van der Waals surface area contributed by atoms with E-state index >= 15 is 0 Å². The van der Waals surface area contributed by atoms with Gasteiger partial charge in [0.05, 0.1) is 17.6 Å². The third-order valence-corrected chi connectivity index (χ3v) is 7.06. The summed E-state index contributed by atoms with van der Waals surface area (Å²) in [6.45, 7) is 8.14. The molecule has 1 spiro atoms. The lowest BCUT2D eigenvalue weighted by atomic mass is 9.90. The lowest BCUT2D eigenvalue weighted by Gasteiger charge is -2.24. The summed E-state index contributed by atoms with van der Waals surface area (Å²) in [4.78, 5) is 32.4. The molecule has 1 saturated carbocycles. The summed E-state index contributed by atoms with van der Waals surface area (Å²) < 4.78 is 6.60. The van der Waals surface area contributed by atoms with Gasteiger partial charge in [-0.25, -0.2) is 9.69 Å². The van der Waals surface area contributed by atoms with Crippen molar-refractivity contribution >= 4 is 44.0 Å². The molecule has 2 atom stereocenters. The molecule has 3 aliphatic rings. The van der Waals surface area contributed by atoms with Crippen LogP contribution in [0.3, 0.4) is 0 Å². The molecule has 0 aromatic heterocycles. The summed E-state index contributed by atoms with van der Waals surface area (Å²) >= 11 is 2.27. The van der Waals surface area contributed by atoms with Crippen molar-refractivity contribution in [2.75, 3.05) is 4.90 Å². The number of carbonyl (C=O) groups is 2. The molecule has 5 rings (SSSR count). The van der Waals surface area contributed by atoms with Crippen LogP contribution in [0.2, 0.25) is 0 Å². The van der Waals surface area contributed by atoms with Crippen molar-refractivity contribution < 1.29 is 14.3 Å². The highest BCUT2D eigenvalue weighted by molar-refractivity contribution is 14.1. The highest BCUT2D eigenvalue weighted by Crippen LogP contribution is 2.66. The number of amides is 2. The molecule has 2 aromatic rings. The Hall–Kier alpha value is -2.22. The monoisotopic (exact) mass is 514 g/mol. The van der Waals surface area contributed by atoms with Crippen molar-refractivity contribution in [3.8, 4) is 0 Å². The lowest BCUT2D eigenvalue weighted by molar-refractivity contribution is -0.120. The van der Waals surface area contributed by atoms with Gasteiger partial charge >= 0.3 is 6.09 Å². The zero-order valence-electron chi connectivity index (χ0n) is 17.5. The third kappa shape index (κ3) is 2.83. The second kappa shape index (κ2) is 6.39. The second-order valence-electron chi connectivity index (χ2n) is 9.39. The lowest BCUT2D eigenvalue weighted by Crippen LogP contribution is -2.41. The number of carbonyl (C=O) groups excluding carboxylic acids is 2. The number of fused-ring (bicyclic) bond motifs is 3. The van der Waals surface area contributed by atoms with E-state index in [0.29, 0.717) is 18.7 Å². The van der Waals surface area contributed by atoms with E-state index in [1.54, 1.807) is 0 Å². The van der Waals surface area contributed by atoms with Gasteiger partial charge in [-0.2, -0.15) is 0 Å². The quantitative estimate of drug-likeness (QED) is 0.480. The molecule has 2 aliphatic heterocycles. The number of rotatable bonds is 1. The molecule has 2 amide bonds. The van der Waals surface area contributed by atoms with E-state index in [1.807, 2.05) is 39.8 Å². The van der Waals surface area contributed by atoms with Gasteiger partial charge in [0.1, 0.15) is 9.32 Å². The smallest absolute Gasteiger partial charge is 0.421 e. The van der Waals surface area contributed by atoms with E-state index in [4.69, 9.17) is 4.74 Å². The van der Waals surface area contributed by atoms with Crippen LogP contribution in [0.25, 0.3) is 0 Å². The summed E-state index contributed by atoms with van der Waals surface area (Å²) in [6.07, 6.45) is 0.107. The molecule has 30 heavy (non-hydrogen) atoms. The first kappa shape index (κ1) is 19.7. The number of nitrogens with zero attached hydrogens (tertiary/aromatic N) is 2. The molecule has 0 radical (unpaired) electrons. The average molecular weight is 514 g/mol. The Balaban J connectivity index is 1.55. The van der Waals surface area contributed by atoms with E-state index in [2.05, 4.69) is 51.8 Å². The molecule has 1 fully saturated rings. The summed E-state index contributed by atoms with van der Waals surface area (Å²) in [6, 6.07) is 12.3. The van der Waals surface area contributed by atoms with E-state index in [0.717, 1.165) is 20.4 Å². The average Bonchev–Trinajstić information content (AvgIpc) is 3.25. The molecule has 6 heteroatoms. The molecule has 5 nitrogen and oxygen atoms in total.